The minimum atomic E-state index is 0.712. The van der Waals surface area contributed by atoms with E-state index in [0.29, 0.717) is 5.92 Å². The number of anilines is 1. The SMILES string of the molecule is CNc1cccc(-c2cccc(C3CCNCC3)c2)c1. The van der Waals surface area contributed by atoms with Crippen molar-refractivity contribution < 1.29 is 0 Å². The maximum atomic E-state index is 3.44. The molecule has 104 valence electrons. The van der Waals surface area contributed by atoms with Gasteiger partial charge in [-0.2, -0.15) is 0 Å². The summed E-state index contributed by atoms with van der Waals surface area (Å²) < 4.78 is 0. The van der Waals surface area contributed by atoms with Crippen molar-refractivity contribution in [2.24, 2.45) is 0 Å². The topological polar surface area (TPSA) is 24.1 Å². The summed E-state index contributed by atoms with van der Waals surface area (Å²) >= 11 is 0. The van der Waals surface area contributed by atoms with Crippen LogP contribution in [0.4, 0.5) is 5.69 Å². The normalized spacial score (nSPS) is 16.1. The van der Waals surface area contributed by atoms with Crippen molar-refractivity contribution in [3.63, 3.8) is 0 Å². The quantitative estimate of drug-likeness (QED) is 0.881. The Labute approximate surface area is 121 Å². The van der Waals surface area contributed by atoms with Crippen molar-refractivity contribution in [1.82, 2.24) is 5.32 Å². The highest BCUT2D eigenvalue weighted by Crippen LogP contribution is 2.29. The van der Waals surface area contributed by atoms with Crippen LogP contribution in [0.1, 0.15) is 24.3 Å². The van der Waals surface area contributed by atoms with E-state index in [2.05, 4.69) is 59.2 Å². The van der Waals surface area contributed by atoms with Crippen molar-refractivity contribution in [3.8, 4) is 11.1 Å². The lowest BCUT2D eigenvalue weighted by Crippen LogP contribution is -2.26. The number of nitrogens with one attached hydrogen (secondary N) is 2. The Morgan fingerprint density at radius 3 is 2.40 bits per heavy atom. The van der Waals surface area contributed by atoms with E-state index in [4.69, 9.17) is 0 Å². The number of hydrogen-bond acceptors (Lipinski definition) is 2. The molecule has 0 amide bonds. The lowest BCUT2D eigenvalue weighted by atomic mass is 9.88. The monoisotopic (exact) mass is 266 g/mol. The average Bonchev–Trinajstić information content (AvgIpc) is 2.56. The van der Waals surface area contributed by atoms with Crippen LogP contribution in [0, 0.1) is 0 Å². The summed E-state index contributed by atoms with van der Waals surface area (Å²) in [5.41, 5.74) is 5.25. The van der Waals surface area contributed by atoms with Gasteiger partial charge in [0.1, 0.15) is 0 Å². The highest BCUT2D eigenvalue weighted by atomic mass is 14.9. The number of piperidine rings is 1. The number of hydrogen-bond donors (Lipinski definition) is 2. The van der Waals surface area contributed by atoms with Gasteiger partial charge in [-0.15, -0.1) is 0 Å². The molecule has 0 spiro atoms. The van der Waals surface area contributed by atoms with Crippen LogP contribution in [0.3, 0.4) is 0 Å². The lowest BCUT2D eigenvalue weighted by Gasteiger charge is -2.23. The Balaban J connectivity index is 1.89. The molecule has 1 aliphatic rings. The highest BCUT2D eigenvalue weighted by Gasteiger charge is 2.15. The fourth-order valence-electron chi connectivity index (χ4n) is 2.98. The van der Waals surface area contributed by atoms with E-state index in [1.54, 1.807) is 0 Å². The maximum Gasteiger partial charge on any atom is 0.0343 e. The van der Waals surface area contributed by atoms with Gasteiger partial charge in [0.25, 0.3) is 0 Å². The first-order valence-electron chi connectivity index (χ1n) is 7.46. The van der Waals surface area contributed by atoms with Crippen molar-refractivity contribution in [2.45, 2.75) is 18.8 Å². The zero-order valence-corrected chi connectivity index (χ0v) is 12.0. The van der Waals surface area contributed by atoms with E-state index in [1.807, 2.05) is 7.05 Å². The van der Waals surface area contributed by atoms with Gasteiger partial charge < -0.3 is 10.6 Å². The van der Waals surface area contributed by atoms with Crippen molar-refractivity contribution in [3.05, 3.63) is 54.1 Å². The molecule has 1 aliphatic heterocycles. The molecule has 0 aliphatic carbocycles. The molecule has 3 rings (SSSR count). The average molecular weight is 266 g/mol. The Morgan fingerprint density at radius 1 is 0.950 bits per heavy atom. The molecule has 0 saturated carbocycles. The molecule has 0 unspecified atom stereocenters. The Hall–Kier alpha value is -1.80. The van der Waals surface area contributed by atoms with Gasteiger partial charge in [0.2, 0.25) is 0 Å². The molecule has 2 aromatic rings. The minimum absolute atomic E-state index is 0.712. The zero-order chi connectivity index (χ0) is 13.8. The first-order chi connectivity index (χ1) is 9.86. The Kier molecular flexibility index (Phi) is 4.03. The second kappa shape index (κ2) is 6.10. The standard InChI is InChI=1S/C18H22N2/c1-19-18-7-3-6-17(13-18)16-5-2-4-15(12-16)14-8-10-20-11-9-14/h2-7,12-14,19-20H,8-11H2,1H3. The molecule has 20 heavy (non-hydrogen) atoms. The number of rotatable bonds is 3. The predicted octanol–water partition coefficient (Wildman–Crippen LogP) is 3.86. The van der Waals surface area contributed by atoms with Crippen LogP contribution in [0.25, 0.3) is 11.1 Å². The van der Waals surface area contributed by atoms with Gasteiger partial charge in [-0.1, -0.05) is 36.4 Å². The molecule has 2 aromatic carbocycles. The summed E-state index contributed by atoms with van der Waals surface area (Å²) in [5.74, 6) is 0.712. The van der Waals surface area contributed by atoms with Gasteiger partial charge in [-0.25, -0.2) is 0 Å². The summed E-state index contributed by atoms with van der Waals surface area (Å²) in [6, 6.07) is 17.6. The molecule has 0 atom stereocenters. The largest absolute Gasteiger partial charge is 0.388 e. The summed E-state index contributed by atoms with van der Waals surface area (Å²) in [6.07, 6.45) is 2.50. The minimum Gasteiger partial charge on any atom is -0.388 e. The fraction of sp³-hybridized carbons (Fsp3) is 0.333. The van der Waals surface area contributed by atoms with Crippen LogP contribution in [-0.2, 0) is 0 Å². The Morgan fingerprint density at radius 2 is 1.65 bits per heavy atom. The third kappa shape index (κ3) is 2.86. The van der Waals surface area contributed by atoms with Gasteiger partial charge in [0, 0.05) is 12.7 Å². The molecule has 0 aromatic heterocycles. The molecule has 1 heterocycles. The molecule has 1 saturated heterocycles. The van der Waals surface area contributed by atoms with E-state index in [0.717, 1.165) is 18.8 Å². The smallest absolute Gasteiger partial charge is 0.0343 e. The first kappa shape index (κ1) is 13.2. The summed E-state index contributed by atoms with van der Waals surface area (Å²) in [7, 11) is 1.96. The van der Waals surface area contributed by atoms with Crippen LogP contribution in [0.2, 0.25) is 0 Å². The van der Waals surface area contributed by atoms with Crippen LogP contribution in [0.5, 0.6) is 0 Å². The summed E-state index contributed by atoms with van der Waals surface area (Å²) in [5, 5.41) is 6.64. The van der Waals surface area contributed by atoms with Crippen LogP contribution < -0.4 is 10.6 Å². The van der Waals surface area contributed by atoms with E-state index in [-0.39, 0.29) is 0 Å². The summed E-state index contributed by atoms with van der Waals surface area (Å²) in [4.78, 5) is 0. The van der Waals surface area contributed by atoms with Crippen LogP contribution >= 0.6 is 0 Å². The van der Waals surface area contributed by atoms with E-state index < -0.39 is 0 Å². The second-order valence-electron chi connectivity index (χ2n) is 5.48. The second-order valence-corrected chi connectivity index (χ2v) is 5.48. The third-order valence-corrected chi connectivity index (χ3v) is 4.18. The molecule has 1 fully saturated rings. The van der Waals surface area contributed by atoms with Crippen LogP contribution in [-0.4, -0.2) is 20.1 Å². The van der Waals surface area contributed by atoms with Gasteiger partial charge in [0.05, 0.1) is 0 Å². The molecule has 2 N–H and O–H groups in total. The van der Waals surface area contributed by atoms with E-state index in [1.165, 1.54) is 29.5 Å². The molecule has 2 nitrogen and oxygen atoms in total. The van der Waals surface area contributed by atoms with Gasteiger partial charge in [-0.3, -0.25) is 0 Å². The number of benzene rings is 2. The van der Waals surface area contributed by atoms with Crippen molar-refractivity contribution in [1.29, 1.82) is 0 Å². The van der Waals surface area contributed by atoms with E-state index >= 15 is 0 Å². The molecule has 0 bridgehead atoms. The lowest BCUT2D eigenvalue weighted by molar-refractivity contribution is 0.460. The summed E-state index contributed by atoms with van der Waals surface area (Å²) in [6.45, 7) is 2.29. The molecular formula is C18H22N2. The predicted molar refractivity (Wildman–Crippen MR) is 86.3 cm³/mol. The molecular weight excluding hydrogens is 244 g/mol. The first-order valence-corrected chi connectivity index (χ1v) is 7.46. The van der Waals surface area contributed by atoms with Gasteiger partial charge in [-0.05, 0) is 60.7 Å². The molecule has 0 radical (unpaired) electrons. The van der Waals surface area contributed by atoms with Gasteiger partial charge in [0.15, 0.2) is 0 Å². The van der Waals surface area contributed by atoms with Gasteiger partial charge >= 0.3 is 0 Å². The molecule has 2 heteroatoms. The maximum absolute atomic E-state index is 3.44. The van der Waals surface area contributed by atoms with Crippen molar-refractivity contribution >= 4 is 5.69 Å². The Bertz CT molecular complexity index is 571. The van der Waals surface area contributed by atoms with E-state index in [9.17, 15) is 0 Å². The third-order valence-electron chi connectivity index (χ3n) is 4.18. The fourth-order valence-corrected chi connectivity index (χ4v) is 2.98. The van der Waals surface area contributed by atoms with Crippen LogP contribution in [0.15, 0.2) is 48.5 Å². The van der Waals surface area contributed by atoms with Crippen molar-refractivity contribution in [2.75, 3.05) is 25.5 Å². The zero-order valence-electron chi connectivity index (χ0n) is 12.0. The highest BCUT2D eigenvalue weighted by molar-refractivity contribution is 5.68.